The molecule has 0 radical (unpaired) electrons. The molecule has 0 aliphatic rings. The summed E-state index contributed by atoms with van der Waals surface area (Å²) in [7, 11) is 4.03. The average molecular weight is 317 g/mol. The summed E-state index contributed by atoms with van der Waals surface area (Å²) >= 11 is 0. The van der Waals surface area contributed by atoms with E-state index in [0.29, 0.717) is 39.5 Å². The van der Waals surface area contributed by atoms with E-state index in [4.69, 9.17) is 14.2 Å². The summed E-state index contributed by atoms with van der Waals surface area (Å²) in [6.07, 6.45) is 7.62. The monoisotopic (exact) mass is 317 g/mol. The van der Waals surface area contributed by atoms with Gasteiger partial charge in [0, 0.05) is 13.0 Å². The van der Waals surface area contributed by atoms with E-state index in [-0.39, 0.29) is 5.97 Å². The zero-order valence-electron chi connectivity index (χ0n) is 14.8. The quantitative estimate of drug-likeness (QED) is 0.324. The second-order valence-electron chi connectivity index (χ2n) is 5.77. The van der Waals surface area contributed by atoms with Crippen LogP contribution in [0.3, 0.4) is 0 Å². The maximum absolute atomic E-state index is 11.5. The Kier molecular flexibility index (Phi) is 16.2. The van der Waals surface area contributed by atoms with Gasteiger partial charge >= 0.3 is 5.97 Å². The fraction of sp³-hybridized carbons (Fsp3) is 0.941. The summed E-state index contributed by atoms with van der Waals surface area (Å²) in [5.74, 6) is -0.110. The fourth-order valence-electron chi connectivity index (χ4n) is 1.91. The van der Waals surface area contributed by atoms with Crippen molar-refractivity contribution in [1.82, 2.24) is 4.90 Å². The zero-order chi connectivity index (χ0) is 16.5. The number of esters is 1. The molecule has 0 saturated heterocycles. The highest BCUT2D eigenvalue weighted by Crippen LogP contribution is 2.07. The summed E-state index contributed by atoms with van der Waals surface area (Å²) in [5, 5.41) is 0. The Labute approximate surface area is 136 Å². The maximum Gasteiger partial charge on any atom is 0.305 e. The molecule has 0 spiro atoms. The number of ether oxygens (including phenoxy) is 3. The van der Waals surface area contributed by atoms with E-state index >= 15 is 0 Å². The normalized spacial score (nSPS) is 11.1. The highest BCUT2D eigenvalue weighted by molar-refractivity contribution is 5.69. The molecule has 5 heteroatoms. The van der Waals surface area contributed by atoms with Gasteiger partial charge in [-0.05, 0) is 20.5 Å². The molecule has 0 atom stereocenters. The highest BCUT2D eigenvalue weighted by Gasteiger charge is 2.02. The number of unbranched alkanes of at least 4 members (excludes halogenated alkanes) is 5. The third-order valence-electron chi connectivity index (χ3n) is 3.28. The minimum atomic E-state index is -0.110. The van der Waals surface area contributed by atoms with Crippen molar-refractivity contribution in [2.75, 3.05) is 53.7 Å². The number of likely N-dealkylation sites (N-methyl/N-ethyl adjacent to an activating group) is 1. The highest BCUT2D eigenvalue weighted by atomic mass is 16.6. The van der Waals surface area contributed by atoms with Gasteiger partial charge in [-0.15, -0.1) is 0 Å². The molecule has 22 heavy (non-hydrogen) atoms. The van der Waals surface area contributed by atoms with Crippen LogP contribution in [0.4, 0.5) is 0 Å². The molecule has 132 valence electrons. The summed E-state index contributed by atoms with van der Waals surface area (Å²) in [5.41, 5.74) is 0. The second-order valence-corrected chi connectivity index (χ2v) is 5.77. The molecule has 0 unspecified atom stereocenters. The van der Waals surface area contributed by atoms with E-state index in [1.165, 1.54) is 25.7 Å². The lowest BCUT2D eigenvalue weighted by Crippen LogP contribution is -2.19. The molecule has 0 heterocycles. The van der Waals surface area contributed by atoms with Crippen LogP contribution in [0.5, 0.6) is 0 Å². The molecule has 0 aromatic rings. The van der Waals surface area contributed by atoms with Crippen molar-refractivity contribution < 1.29 is 19.0 Å². The third-order valence-corrected chi connectivity index (χ3v) is 3.28. The van der Waals surface area contributed by atoms with Crippen LogP contribution >= 0.6 is 0 Å². The number of rotatable bonds is 16. The minimum absolute atomic E-state index is 0.110. The smallest absolute Gasteiger partial charge is 0.305 e. The van der Waals surface area contributed by atoms with Gasteiger partial charge in [-0.2, -0.15) is 0 Å². The molecule has 0 aliphatic heterocycles. The van der Waals surface area contributed by atoms with Crippen LogP contribution in [-0.4, -0.2) is 64.5 Å². The number of carbonyl (C=O) groups excluding carboxylic acids is 1. The van der Waals surface area contributed by atoms with Crippen LogP contribution in [0.25, 0.3) is 0 Å². The van der Waals surface area contributed by atoms with E-state index in [2.05, 4.69) is 11.8 Å². The van der Waals surface area contributed by atoms with Gasteiger partial charge in [-0.3, -0.25) is 4.79 Å². The number of carbonyl (C=O) groups is 1. The number of nitrogens with zero attached hydrogens (tertiary/aromatic N) is 1. The van der Waals surface area contributed by atoms with E-state index in [9.17, 15) is 4.79 Å². The van der Waals surface area contributed by atoms with Crippen molar-refractivity contribution in [3.05, 3.63) is 0 Å². The van der Waals surface area contributed by atoms with Gasteiger partial charge in [0.05, 0.1) is 26.4 Å². The molecule has 0 aromatic carbocycles. The Hall–Kier alpha value is -0.650. The molecule has 0 amide bonds. The van der Waals surface area contributed by atoms with E-state index in [1.54, 1.807) is 0 Å². The fourth-order valence-corrected chi connectivity index (χ4v) is 1.91. The van der Waals surface area contributed by atoms with Crippen LogP contribution in [0.2, 0.25) is 0 Å². The van der Waals surface area contributed by atoms with E-state index < -0.39 is 0 Å². The lowest BCUT2D eigenvalue weighted by molar-refractivity contribution is -0.145. The maximum atomic E-state index is 11.5. The first-order valence-electron chi connectivity index (χ1n) is 8.62. The Morgan fingerprint density at radius 1 is 0.818 bits per heavy atom. The molecule has 0 aliphatic carbocycles. The number of hydrogen-bond donors (Lipinski definition) is 0. The van der Waals surface area contributed by atoms with Gasteiger partial charge in [0.25, 0.3) is 0 Å². The topological polar surface area (TPSA) is 48.0 Å². The van der Waals surface area contributed by atoms with Gasteiger partial charge in [-0.1, -0.05) is 39.0 Å². The van der Waals surface area contributed by atoms with Crippen LogP contribution in [0.1, 0.15) is 51.9 Å². The summed E-state index contributed by atoms with van der Waals surface area (Å²) < 4.78 is 15.9. The van der Waals surface area contributed by atoms with Crippen molar-refractivity contribution in [3.8, 4) is 0 Å². The number of hydrogen-bond acceptors (Lipinski definition) is 5. The van der Waals surface area contributed by atoms with Crippen LogP contribution in [-0.2, 0) is 19.0 Å². The largest absolute Gasteiger partial charge is 0.463 e. The Morgan fingerprint density at radius 2 is 1.41 bits per heavy atom. The predicted octanol–water partition coefficient (Wildman–Crippen LogP) is 2.88. The van der Waals surface area contributed by atoms with Crippen molar-refractivity contribution in [2.45, 2.75) is 51.9 Å². The first kappa shape index (κ1) is 21.4. The van der Waals surface area contributed by atoms with Crippen molar-refractivity contribution in [2.24, 2.45) is 0 Å². The molecular formula is C17H35NO4. The lowest BCUT2D eigenvalue weighted by atomic mass is 10.1. The zero-order valence-corrected chi connectivity index (χ0v) is 14.8. The first-order valence-corrected chi connectivity index (χ1v) is 8.62. The molecule has 0 rings (SSSR count). The summed E-state index contributed by atoms with van der Waals surface area (Å²) in [6, 6.07) is 0. The van der Waals surface area contributed by atoms with E-state index in [0.717, 1.165) is 19.4 Å². The van der Waals surface area contributed by atoms with Crippen LogP contribution in [0.15, 0.2) is 0 Å². The summed E-state index contributed by atoms with van der Waals surface area (Å²) in [6.45, 7) is 5.74. The minimum Gasteiger partial charge on any atom is -0.463 e. The van der Waals surface area contributed by atoms with Gasteiger partial charge in [-0.25, -0.2) is 0 Å². The second kappa shape index (κ2) is 16.7. The third kappa shape index (κ3) is 17.4. The van der Waals surface area contributed by atoms with Crippen molar-refractivity contribution >= 4 is 5.97 Å². The first-order chi connectivity index (χ1) is 10.7. The lowest BCUT2D eigenvalue weighted by Gasteiger charge is -2.10. The van der Waals surface area contributed by atoms with Gasteiger partial charge in [0.15, 0.2) is 0 Å². The molecule has 0 bridgehead atoms. The standard InChI is InChI=1S/C17H35NO4/c1-4-5-6-7-8-9-10-17(19)22-16-15-21-14-13-20-12-11-18(2)3/h4-16H2,1-3H3. The molecule has 0 N–H and O–H groups in total. The molecule has 5 nitrogen and oxygen atoms in total. The Morgan fingerprint density at radius 3 is 2.09 bits per heavy atom. The summed E-state index contributed by atoms with van der Waals surface area (Å²) in [4.78, 5) is 13.5. The van der Waals surface area contributed by atoms with Crippen molar-refractivity contribution in [3.63, 3.8) is 0 Å². The van der Waals surface area contributed by atoms with Gasteiger partial charge < -0.3 is 19.1 Å². The average Bonchev–Trinajstić information content (AvgIpc) is 2.48. The molecule has 0 fully saturated rings. The van der Waals surface area contributed by atoms with Crippen LogP contribution < -0.4 is 0 Å². The molecule has 0 saturated carbocycles. The molecule has 0 aromatic heterocycles. The molecular weight excluding hydrogens is 282 g/mol. The van der Waals surface area contributed by atoms with Crippen LogP contribution in [0, 0.1) is 0 Å². The predicted molar refractivity (Wildman–Crippen MR) is 89.1 cm³/mol. The Bertz CT molecular complexity index is 247. The Balaban J connectivity index is 3.15. The van der Waals surface area contributed by atoms with Gasteiger partial charge in [0.1, 0.15) is 6.61 Å². The van der Waals surface area contributed by atoms with Crippen molar-refractivity contribution in [1.29, 1.82) is 0 Å². The van der Waals surface area contributed by atoms with E-state index in [1.807, 2.05) is 14.1 Å². The SMILES string of the molecule is CCCCCCCCC(=O)OCCOCCOCCN(C)C. The van der Waals surface area contributed by atoms with Gasteiger partial charge in [0.2, 0.25) is 0 Å².